The molecule has 2 aromatic rings. The lowest BCUT2D eigenvalue weighted by Gasteiger charge is -2.23. The van der Waals surface area contributed by atoms with Gasteiger partial charge in [-0.25, -0.2) is 13.1 Å². The maximum absolute atomic E-state index is 12.8. The number of fused-ring (bicyclic) bond motifs is 1. The second-order valence-corrected chi connectivity index (χ2v) is 9.79. The molecule has 9 nitrogen and oxygen atoms in total. The number of carbonyl (C=O) groups is 2. The Morgan fingerprint density at radius 2 is 1.87 bits per heavy atom. The topological polar surface area (TPSA) is 123 Å². The second-order valence-electron chi connectivity index (χ2n) is 8.14. The predicted octanol–water partition coefficient (Wildman–Crippen LogP) is 2.74. The molecule has 2 aromatic carbocycles. The molecule has 1 atom stereocenters. The van der Waals surface area contributed by atoms with Crippen LogP contribution in [0.1, 0.15) is 38.1 Å². The first-order chi connectivity index (χ1) is 14.4. The minimum Gasteiger partial charge on any atom is -0.495 e. The summed E-state index contributed by atoms with van der Waals surface area (Å²) in [5.74, 6) is -0.189. The minimum atomic E-state index is -3.93. The number of sulfonamides is 1. The van der Waals surface area contributed by atoms with Crippen molar-refractivity contribution in [2.75, 3.05) is 17.7 Å². The van der Waals surface area contributed by atoms with Crippen molar-refractivity contribution in [3.05, 3.63) is 42.0 Å². The number of hydrogen-bond donors (Lipinski definition) is 3. The maximum atomic E-state index is 12.8. The molecule has 1 aliphatic heterocycles. The normalized spacial score (nSPS) is 16.0. The molecule has 10 heteroatoms. The molecule has 1 heterocycles. The van der Waals surface area contributed by atoms with E-state index in [2.05, 4.69) is 15.4 Å². The number of carbonyl (C=O) groups excluding carboxylic acids is 2. The zero-order chi connectivity index (χ0) is 23.0. The van der Waals surface area contributed by atoms with Crippen molar-refractivity contribution in [2.24, 2.45) is 0 Å². The van der Waals surface area contributed by atoms with Crippen molar-refractivity contribution in [3.8, 4) is 11.5 Å². The third-order valence-corrected chi connectivity index (χ3v) is 6.10. The Balaban J connectivity index is 1.88. The molecule has 0 saturated carbocycles. The quantitative estimate of drug-likeness (QED) is 0.648. The van der Waals surface area contributed by atoms with E-state index >= 15 is 0 Å². The largest absolute Gasteiger partial charge is 0.495 e. The van der Waals surface area contributed by atoms with Crippen molar-refractivity contribution < 1.29 is 27.5 Å². The average Bonchev–Trinajstić information content (AvgIpc) is 2.66. The summed E-state index contributed by atoms with van der Waals surface area (Å²) in [5.41, 5.74) is 0.264. The second kappa shape index (κ2) is 8.20. The third-order valence-electron chi connectivity index (χ3n) is 4.32. The third kappa shape index (κ3) is 5.15. The monoisotopic (exact) mass is 447 g/mol. The smallest absolute Gasteiger partial charge is 0.265 e. The van der Waals surface area contributed by atoms with Crippen molar-refractivity contribution >= 4 is 33.2 Å². The number of ether oxygens (including phenoxy) is 2. The van der Waals surface area contributed by atoms with E-state index < -0.39 is 27.6 Å². The lowest BCUT2D eigenvalue weighted by Crippen LogP contribution is -2.40. The highest BCUT2D eigenvalue weighted by atomic mass is 32.2. The molecule has 0 saturated heterocycles. The molecule has 0 radical (unpaired) electrons. The van der Waals surface area contributed by atoms with Crippen LogP contribution in [0.15, 0.2) is 41.3 Å². The van der Waals surface area contributed by atoms with E-state index in [4.69, 9.17) is 9.47 Å². The summed E-state index contributed by atoms with van der Waals surface area (Å²) in [5, 5.41) is 5.41. The molecule has 0 fully saturated rings. The maximum Gasteiger partial charge on any atom is 0.265 e. The van der Waals surface area contributed by atoms with Gasteiger partial charge in [0.2, 0.25) is 10.0 Å². The van der Waals surface area contributed by atoms with Crippen LogP contribution in [0.2, 0.25) is 0 Å². The van der Waals surface area contributed by atoms with Gasteiger partial charge in [0.25, 0.3) is 11.8 Å². The van der Waals surface area contributed by atoms with Gasteiger partial charge in [0.05, 0.1) is 12.8 Å². The molecule has 0 spiro atoms. The molecule has 0 aliphatic carbocycles. The Morgan fingerprint density at radius 1 is 1.16 bits per heavy atom. The molecule has 0 unspecified atom stereocenters. The first kappa shape index (κ1) is 22.6. The van der Waals surface area contributed by atoms with Gasteiger partial charge in [0, 0.05) is 16.8 Å². The highest BCUT2D eigenvalue weighted by Gasteiger charge is 2.27. The van der Waals surface area contributed by atoms with Gasteiger partial charge in [-0.15, -0.1) is 0 Å². The summed E-state index contributed by atoms with van der Waals surface area (Å²) in [6.45, 7) is 6.78. The van der Waals surface area contributed by atoms with Gasteiger partial charge >= 0.3 is 0 Å². The summed E-state index contributed by atoms with van der Waals surface area (Å²) in [6, 6.07) is 8.98. The van der Waals surface area contributed by atoms with E-state index in [1.807, 2.05) is 0 Å². The Labute approximate surface area is 181 Å². The molecule has 31 heavy (non-hydrogen) atoms. The van der Waals surface area contributed by atoms with E-state index in [9.17, 15) is 18.0 Å². The van der Waals surface area contributed by atoms with Gasteiger partial charge in [0.1, 0.15) is 16.4 Å². The number of anilines is 2. The SMILES string of the molecule is COc1ccc(C(=O)Nc2ccc3c(c2)NC(=O)[C@@H](C)O3)cc1S(=O)(=O)NC(C)(C)C. The fourth-order valence-electron chi connectivity index (χ4n) is 2.98. The van der Waals surface area contributed by atoms with Crippen molar-refractivity contribution in [1.29, 1.82) is 0 Å². The zero-order valence-corrected chi connectivity index (χ0v) is 18.7. The Kier molecular flexibility index (Phi) is 5.97. The van der Waals surface area contributed by atoms with Crippen LogP contribution in [0.25, 0.3) is 0 Å². The Bertz CT molecular complexity index is 1140. The molecule has 0 aromatic heterocycles. The molecule has 3 rings (SSSR count). The fraction of sp³-hybridized carbons (Fsp3) is 0.333. The van der Waals surface area contributed by atoms with Crippen LogP contribution in [0.4, 0.5) is 11.4 Å². The van der Waals surface area contributed by atoms with E-state index in [-0.39, 0.29) is 22.1 Å². The predicted molar refractivity (Wildman–Crippen MR) is 116 cm³/mol. The van der Waals surface area contributed by atoms with Crippen LogP contribution in [0.3, 0.4) is 0 Å². The number of nitrogens with one attached hydrogen (secondary N) is 3. The Morgan fingerprint density at radius 3 is 2.52 bits per heavy atom. The van der Waals surface area contributed by atoms with Gasteiger partial charge in [-0.1, -0.05) is 0 Å². The fourth-order valence-corrected chi connectivity index (χ4v) is 4.59. The van der Waals surface area contributed by atoms with E-state index in [1.54, 1.807) is 45.9 Å². The molecule has 0 bridgehead atoms. The van der Waals surface area contributed by atoms with Gasteiger partial charge in [-0.3, -0.25) is 9.59 Å². The van der Waals surface area contributed by atoms with Gasteiger partial charge in [-0.05, 0) is 64.1 Å². The van der Waals surface area contributed by atoms with Crippen molar-refractivity contribution in [2.45, 2.75) is 44.2 Å². The van der Waals surface area contributed by atoms with Crippen LogP contribution < -0.4 is 24.8 Å². The molecular weight excluding hydrogens is 422 g/mol. The van der Waals surface area contributed by atoms with Gasteiger partial charge < -0.3 is 20.1 Å². The number of benzene rings is 2. The lowest BCUT2D eigenvalue weighted by atomic mass is 10.1. The van der Waals surface area contributed by atoms with Gasteiger partial charge in [0.15, 0.2) is 6.10 Å². The van der Waals surface area contributed by atoms with E-state index in [0.717, 1.165) is 0 Å². The Hall–Kier alpha value is -3.11. The van der Waals surface area contributed by atoms with Gasteiger partial charge in [-0.2, -0.15) is 0 Å². The highest BCUT2D eigenvalue weighted by molar-refractivity contribution is 7.89. The summed E-state index contributed by atoms with van der Waals surface area (Å²) in [6.07, 6.45) is -0.602. The van der Waals surface area contributed by atoms with Crippen LogP contribution >= 0.6 is 0 Å². The van der Waals surface area contributed by atoms with Crippen LogP contribution in [-0.2, 0) is 14.8 Å². The number of rotatable bonds is 5. The molecule has 2 amide bonds. The summed E-state index contributed by atoms with van der Waals surface area (Å²) in [4.78, 5) is 24.4. The first-order valence-corrected chi connectivity index (χ1v) is 11.0. The number of amides is 2. The standard InChI is InChI=1S/C21H25N3O6S/c1-12-19(25)23-15-11-14(7-9-16(15)30-12)22-20(26)13-6-8-17(29-5)18(10-13)31(27,28)24-21(2,3)4/h6-12,24H,1-5H3,(H,22,26)(H,23,25)/t12-/m1/s1. The van der Waals surface area contributed by atoms with E-state index in [1.165, 1.54) is 25.3 Å². The molecule has 166 valence electrons. The van der Waals surface area contributed by atoms with Crippen LogP contribution in [0.5, 0.6) is 11.5 Å². The highest BCUT2D eigenvalue weighted by Crippen LogP contribution is 2.32. The van der Waals surface area contributed by atoms with Crippen molar-refractivity contribution in [1.82, 2.24) is 4.72 Å². The van der Waals surface area contributed by atoms with Crippen LogP contribution in [0, 0.1) is 0 Å². The molecule has 1 aliphatic rings. The zero-order valence-electron chi connectivity index (χ0n) is 17.9. The number of methoxy groups -OCH3 is 1. The lowest BCUT2D eigenvalue weighted by molar-refractivity contribution is -0.122. The average molecular weight is 448 g/mol. The van der Waals surface area contributed by atoms with Crippen molar-refractivity contribution in [3.63, 3.8) is 0 Å². The molecule has 3 N–H and O–H groups in total. The minimum absolute atomic E-state index is 0.121. The van der Waals surface area contributed by atoms with E-state index in [0.29, 0.717) is 17.1 Å². The first-order valence-electron chi connectivity index (χ1n) is 9.54. The van der Waals surface area contributed by atoms with Crippen LogP contribution in [-0.4, -0.2) is 39.0 Å². The number of hydrogen-bond acceptors (Lipinski definition) is 6. The summed E-state index contributed by atoms with van der Waals surface area (Å²) in [7, 11) is -2.58. The summed E-state index contributed by atoms with van der Waals surface area (Å²) < 4.78 is 38.8. The molecular formula is C21H25N3O6S. The summed E-state index contributed by atoms with van der Waals surface area (Å²) >= 11 is 0.